The maximum absolute atomic E-state index is 11.0. The number of amides is 1. The van der Waals surface area contributed by atoms with Crippen LogP contribution in [0, 0.1) is 0 Å². The third-order valence-electron chi connectivity index (χ3n) is 2.84. The standard InChI is InChI=1S/C12H15NO2/c1-8(14)13-11-6-7-12(15)10-5-3-2-4-9(10)11/h2-5,11-12,15H,6-7H2,1H3,(H,13,14)/t11-,12-/m0/s1. The van der Waals surface area contributed by atoms with Crippen LogP contribution >= 0.6 is 0 Å². The molecule has 0 saturated heterocycles. The molecular formula is C12H15NO2. The average Bonchev–Trinajstić information content (AvgIpc) is 2.22. The SMILES string of the molecule is CC(=O)N[C@H]1CC[C@H](O)c2ccccc21. The number of hydrogen-bond acceptors (Lipinski definition) is 2. The van der Waals surface area contributed by atoms with Crippen LogP contribution in [0.5, 0.6) is 0 Å². The fourth-order valence-corrected chi connectivity index (χ4v) is 2.16. The Balaban J connectivity index is 2.31. The van der Waals surface area contributed by atoms with Gasteiger partial charge in [0.1, 0.15) is 0 Å². The number of nitrogens with one attached hydrogen (secondary N) is 1. The largest absolute Gasteiger partial charge is 0.388 e. The fourth-order valence-electron chi connectivity index (χ4n) is 2.16. The van der Waals surface area contributed by atoms with Crippen LogP contribution in [0.2, 0.25) is 0 Å². The predicted octanol–water partition coefficient (Wildman–Crippen LogP) is 1.69. The summed E-state index contributed by atoms with van der Waals surface area (Å²) in [5.74, 6) is -0.0220. The van der Waals surface area contributed by atoms with Crippen LogP contribution in [0.4, 0.5) is 0 Å². The molecule has 15 heavy (non-hydrogen) atoms. The molecule has 0 heterocycles. The Hall–Kier alpha value is -1.35. The number of rotatable bonds is 1. The van der Waals surface area contributed by atoms with Gasteiger partial charge in [-0.15, -0.1) is 0 Å². The maximum Gasteiger partial charge on any atom is 0.217 e. The fraction of sp³-hybridized carbons (Fsp3) is 0.417. The molecule has 0 aliphatic heterocycles. The van der Waals surface area contributed by atoms with Crippen molar-refractivity contribution in [3.63, 3.8) is 0 Å². The van der Waals surface area contributed by atoms with Crippen molar-refractivity contribution >= 4 is 5.91 Å². The molecule has 1 aliphatic carbocycles. The monoisotopic (exact) mass is 205 g/mol. The van der Waals surface area contributed by atoms with Gasteiger partial charge in [-0.05, 0) is 24.0 Å². The summed E-state index contributed by atoms with van der Waals surface area (Å²) in [6, 6.07) is 7.80. The highest BCUT2D eigenvalue weighted by Crippen LogP contribution is 2.35. The Morgan fingerprint density at radius 2 is 2.00 bits per heavy atom. The number of aliphatic hydroxyl groups is 1. The van der Waals surface area contributed by atoms with Crippen molar-refractivity contribution in [1.82, 2.24) is 5.32 Å². The van der Waals surface area contributed by atoms with Gasteiger partial charge in [-0.2, -0.15) is 0 Å². The average molecular weight is 205 g/mol. The van der Waals surface area contributed by atoms with Gasteiger partial charge in [-0.1, -0.05) is 24.3 Å². The third kappa shape index (κ3) is 2.02. The van der Waals surface area contributed by atoms with E-state index in [4.69, 9.17) is 0 Å². The van der Waals surface area contributed by atoms with Gasteiger partial charge in [0.15, 0.2) is 0 Å². The Labute approximate surface area is 89.1 Å². The Morgan fingerprint density at radius 1 is 1.33 bits per heavy atom. The van der Waals surface area contributed by atoms with Gasteiger partial charge >= 0.3 is 0 Å². The minimum atomic E-state index is -0.383. The third-order valence-corrected chi connectivity index (χ3v) is 2.84. The topological polar surface area (TPSA) is 49.3 Å². The summed E-state index contributed by atoms with van der Waals surface area (Å²) in [5.41, 5.74) is 1.99. The first-order valence-electron chi connectivity index (χ1n) is 5.22. The molecular weight excluding hydrogens is 190 g/mol. The normalized spacial score (nSPS) is 24.4. The first kappa shape index (κ1) is 10.2. The molecule has 2 atom stereocenters. The van der Waals surface area contributed by atoms with Crippen LogP contribution in [-0.4, -0.2) is 11.0 Å². The smallest absolute Gasteiger partial charge is 0.217 e. The lowest BCUT2D eigenvalue weighted by molar-refractivity contribution is -0.119. The number of hydrogen-bond donors (Lipinski definition) is 2. The molecule has 3 heteroatoms. The van der Waals surface area contributed by atoms with Gasteiger partial charge in [-0.3, -0.25) is 4.79 Å². The van der Waals surface area contributed by atoms with E-state index < -0.39 is 0 Å². The predicted molar refractivity (Wildman–Crippen MR) is 57.2 cm³/mol. The van der Waals surface area contributed by atoms with E-state index >= 15 is 0 Å². The number of fused-ring (bicyclic) bond motifs is 1. The van der Waals surface area contributed by atoms with Gasteiger partial charge in [-0.25, -0.2) is 0 Å². The van der Waals surface area contributed by atoms with Crippen molar-refractivity contribution in [3.05, 3.63) is 35.4 Å². The van der Waals surface area contributed by atoms with Crippen molar-refractivity contribution < 1.29 is 9.90 Å². The summed E-state index contributed by atoms with van der Waals surface area (Å²) >= 11 is 0. The van der Waals surface area contributed by atoms with Crippen molar-refractivity contribution in [1.29, 1.82) is 0 Å². The van der Waals surface area contributed by atoms with Crippen LogP contribution in [0.1, 0.15) is 43.0 Å². The first-order chi connectivity index (χ1) is 7.18. The first-order valence-corrected chi connectivity index (χ1v) is 5.22. The van der Waals surface area contributed by atoms with E-state index in [9.17, 15) is 9.90 Å². The minimum Gasteiger partial charge on any atom is -0.388 e. The van der Waals surface area contributed by atoms with E-state index in [1.54, 1.807) is 0 Å². The highest BCUT2D eigenvalue weighted by Gasteiger charge is 2.25. The number of benzene rings is 1. The van der Waals surface area contributed by atoms with Gasteiger partial charge in [0, 0.05) is 6.92 Å². The van der Waals surface area contributed by atoms with Crippen LogP contribution in [-0.2, 0) is 4.79 Å². The second-order valence-electron chi connectivity index (χ2n) is 3.98. The van der Waals surface area contributed by atoms with E-state index in [2.05, 4.69) is 5.32 Å². The lowest BCUT2D eigenvalue weighted by Crippen LogP contribution is -2.30. The lowest BCUT2D eigenvalue weighted by Gasteiger charge is -2.29. The van der Waals surface area contributed by atoms with E-state index in [0.717, 1.165) is 17.5 Å². The van der Waals surface area contributed by atoms with Crippen molar-refractivity contribution in [2.24, 2.45) is 0 Å². The summed E-state index contributed by atoms with van der Waals surface area (Å²) in [6.45, 7) is 1.52. The zero-order chi connectivity index (χ0) is 10.8. The zero-order valence-corrected chi connectivity index (χ0v) is 8.73. The molecule has 0 unspecified atom stereocenters. The number of aliphatic hydroxyl groups excluding tert-OH is 1. The molecule has 0 bridgehead atoms. The van der Waals surface area contributed by atoms with Crippen molar-refractivity contribution in [2.45, 2.75) is 31.9 Å². The lowest BCUT2D eigenvalue weighted by atomic mass is 9.86. The van der Waals surface area contributed by atoms with Crippen molar-refractivity contribution in [3.8, 4) is 0 Å². The number of carbonyl (C=O) groups is 1. The van der Waals surface area contributed by atoms with Gasteiger partial charge in [0.25, 0.3) is 0 Å². The summed E-state index contributed by atoms with van der Waals surface area (Å²) in [7, 11) is 0. The second kappa shape index (κ2) is 4.03. The maximum atomic E-state index is 11.0. The number of carbonyl (C=O) groups excluding carboxylic acids is 1. The van der Waals surface area contributed by atoms with Crippen LogP contribution in [0.15, 0.2) is 24.3 Å². The van der Waals surface area contributed by atoms with Crippen LogP contribution < -0.4 is 5.32 Å². The molecule has 0 saturated carbocycles. The Kier molecular flexibility index (Phi) is 2.73. The molecule has 1 aliphatic rings. The molecule has 0 radical (unpaired) electrons. The molecule has 2 rings (SSSR count). The van der Waals surface area contributed by atoms with Gasteiger partial charge in [0.05, 0.1) is 12.1 Å². The second-order valence-corrected chi connectivity index (χ2v) is 3.98. The van der Waals surface area contributed by atoms with Crippen molar-refractivity contribution in [2.75, 3.05) is 0 Å². The molecule has 1 aromatic rings. The molecule has 0 fully saturated rings. The van der Waals surface area contributed by atoms with E-state index in [-0.39, 0.29) is 18.1 Å². The van der Waals surface area contributed by atoms with Gasteiger partial charge < -0.3 is 10.4 Å². The molecule has 3 nitrogen and oxygen atoms in total. The van der Waals surface area contributed by atoms with E-state index in [1.165, 1.54) is 6.92 Å². The summed E-state index contributed by atoms with van der Waals surface area (Å²) in [4.78, 5) is 11.0. The van der Waals surface area contributed by atoms with Crippen LogP contribution in [0.25, 0.3) is 0 Å². The quantitative estimate of drug-likeness (QED) is 0.733. The molecule has 2 N–H and O–H groups in total. The van der Waals surface area contributed by atoms with Gasteiger partial charge in [0.2, 0.25) is 5.91 Å². The molecule has 1 aromatic carbocycles. The molecule has 0 spiro atoms. The van der Waals surface area contributed by atoms with E-state index in [0.29, 0.717) is 6.42 Å². The highest BCUT2D eigenvalue weighted by atomic mass is 16.3. The Bertz CT molecular complexity index is 376. The molecule has 1 amide bonds. The Morgan fingerprint density at radius 3 is 2.67 bits per heavy atom. The zero-order valence-electron chi connectivity index (χ0n) is 8.73. The molecule has 0 aromatic heterocycles. The van der Waals surface area contributed by atoms with Crippen LogP contribution in [0.3, 0.4) is 0 Å². The highest BCUT2D eigenvalue weighted by molar-refractivity contribution is 5.73. The summed E-state index contributed by atoms with van der Waals surface area (Å²) in [5, 5.41) is 12.7. The summed E-state index contributed by atoms with van der Waals surface area (Å²) in [6.07, 6.45) is 1.13. The van der Waals surface area contributed by atoms with E-state index in [1.807, 2.05) is 24.3 Å². The molecule has 80 valence electrons. The minimum absolute atomic E-state index is 0.0220. The summed E-state index contributed by atoms with van der Waals surface area (Å²) < 4.78 is 0.